The van der Waals surface area contributed by atoms with Gasteiger partial charge in [-0.05, 0) is 62.4 Å². The summed E-state index contributed by atoms with van der Waals surface area (Å²) in [4.78, 5) is 50.0. The minimum Gasteiger partial charge on any atom is -0.491 e. The van der Waals surface area contributed by atoms with Crippen LogP contribution in [0.5, 0.6) is 5.75 Å². The number of rotatable bonds is 10. The monoisotopic (exact) mass is 597 g/mol. The molecule has 5 rings (SSSR count). The summed E-state index contributed by atoms with van der Waals surface area (Å²) >= 11 is 5.91. The van der Waals surface area contributed by atoms with E-state index >= 15 is 0 Å². The van der Waals surface area contributed by atoms with Crippen molar-refractivity contribution < 1.29 is 28.4 Å². The zero-order valence-electron chi connectivity index (χ0n) is 22.8. The maximum absolute atomic E-state index is 13.5. The number of carbonyl (C=O) groups is 3. The number of amides is 3. The molecule has 1 saturated carbocycles. The van der Waals surface area contributed by atoms with Gasteiger partial charge >= 0.3 is 0 Å². The van der Waals surface area contributed by atoms with Gasteiger partial charge < -0.3 is 30.4 Å². The van der Waals surface area contributed by atoms with Gasteiger partial charge in [-0.15, -0.1) is 0 Å². The number of benzene rings is 1. The van der Waals surface area contributed by atoms with E-state index in [1.54, 1.807) is 30.3 Å². The van der Waals surface area contributed by atoms with Crippen molar-refractivity contribution in [1.82, 2.24) is 15.4 Å². The first-order chi connectivity index (χ1) is 20.3. The van der Waals surface area contributed by atoms with Crippen molar-refractivity contribution in [2.45, 2.75) is 44.6 Å². The number of hydroxylamine groups is 1. The van der Waals surface area contributed by atoms with Crippen LogP contribution in [0, 0.1) is 11.3 Å². The van der Waals surface area contributed by atoms with Gasteiger partial charge in [0.25, 0.3) is 5.91 Å². The van der Waals surface area contributed by atoms with Crippen LogP contribution in [0.2, 0.25) is 5.02 Å². The molecule has 222 valence electrons. The highest BCUT2D eigenvalue weighted by Crippen LogP contribution is 2.36. The van der Waals surface area contributed by atoms with Crippen molar-refractivity contribution in [3.8, 4) is 5.75 Å². The zero-order chi connectivity index (χ0) is 29.6. The molecule has 1 aliphatic heterocycles. The standard InChI is InChI=1S/C28H32ClN7O6/c29-17-5-10-22(32-15-17)33-27(39)25-24(20-14-19(8-9-21(20)42-25)40-12-13-41-35-28(30)31)34-26(38)16-3-6-18(7-4-16)36-11-1-2-23(36)37/h5,8-10,14-16,18H,1-4,6-7,11-13H2,(H,34,38)(H4,30,31,35)(H,32,33,39)/t16-,18-. The molecular weight excluding hydrogens is 566 g/mol. The molecule has 42 heavy (non-hydrogen) atoms. The number of nitrogens with two attached hydrogens (primary N) is 1. The Balaban J connectivity index is 1.33. The molecule has 13 nitrogen and oxygen atoms in total. The third-order valence-corrected chi connectivity index (χ3v) is 7.56. The third-order valence-electron chi connectivity index (χ3n) is 7.34. The summed E-state index contributed by atoms with van der Waals surface area (Å²) in [5.41, 5.74) is 8.00. The minimum absolute atomic E-state index is 0.0856. The Labute approximate surface area is 246 Å². The van der Waals surface area contributed by atoms with Crippen LogP contribution < -0.4 is 26.6 Å². The highest BCUT2D eigenvalue weighted by atomic mass is 35.5. The molecule has 0 spiro atoms. The number of nitrogens with one attached hydrogen (secondary N) is 4. The molecule has 1 aliphatic carbocycles. The van der Waals surface area contributed by atoms with Gasteiger partial charge in [0.2, 0.25) is 23.5 Å². The third kappa shape index (κ3) is 6.92. The number of hydrogen-bond acceptors (Lipinski definition) is 8. The van der Waals surface area contributed by atoms with E-state index in [4.69, 9.17) is 36.7 Å². The largest absolute Gasteiger partial charge is 0.491 e. The normalized spacial score (nSPS) is 18.6. The van der Waals surface area contributed by atoms with Crippen molar-refractivity contribution in [1.29, 1.82) is 5.41 Å². The fraction of sp³-hybridized carbons (Fsp3) is 0.393. The summed E-state index contributed by atoms with van der Waals surface area (Å²) in [6, 6.07) is 8.29. The lowest BCUT2D eigenvalue weighted by molar-refractivity contribution is -0.130. The lowest BCUT2D eigenvalue weighted by Gasteiger charge is -2.34. The number of fused-ring (bicyclic) bond motifs is 1. The Morgan fingerprint density at radius 2 is 1.95 bits per heavy atom. The molecule has 2 aromatic heterocycles. The average Bonchev–Trinajstić information content (AvgIpc) is 3.57. The summed E-state index contributed by atoms with van der Waals surface area (Å²) in [6.45, 7) is 1.04. The van der Waals surface area contributed by atoms with E-state index in [9.17, 15) is 14.4 Å². The molecule has 1 aromatic carbocycles. The highest BCUT2D eigenvalue weighted by molar-refractivity contribution is 6.30. The SMILES string of the molecule is N=C(N)NOCCOc1ccc2oc(C(=O)Nc3ccc(Cl)cn3)c(NC(=O)[C@H]3CC[C@H](N4CCCC4=O)CC3)c2c1. The van der Waals surface area contributed by atoms with Gasteiger partial charge in [0.05, 0.1) is 5.02 Å². The lowest BCUT2D eigenvalue weighted by Crippen LogP contribution is -2.40. The molecule has 3 heterocycles. The number of pyridine rings is 1. The van der Waals surface area contributed by atoms with E-state index in [2.05, 4.69) is 21.1 Å². The second kappa shape index (κ2) is 13.1. The van der Waals surface area contributed by atoms with E-state index in [1.807, 2.05) is 4.90 Å². The molecule has 3 amide bonds. The molecule has 0 unspecified atom stereocenters. The average molecular weight is 598 g/mol. The molecule has 14 heteroatoms. The molecule has 0 bridgehead atoms. The summed E-state index contributed by atoms with van der Waals surface area (Å²) in [5.74, 6) is -0.601. The Morgan fingerprint density at radius 3 is 2.64 bits per heavy atom. The summed E-state index contributed by atoms with van der Waals surface area (Å²) in [5, 5.41) is 13.6. The van der Waals surface area contributed by atoms with E-state index in [0.717, 1.165) is 25.8 Å². The number of guanidine groups is 1. The molecular formula is C28H32ClN7O6. The van der Waals surface area contributed by atoms with Crippen molar-refractivity contribution in [2.75, 3.05) is 30.4 Å². The van der Waals surface area contributed by atoms with Crippen molar-refractivity contribution >= 4 is 57.8 Å². The second-order valence-electron chi connectivity index (χ2n) is 10.2. The zero-order valence-corrected chi connectivity index (χ0v) is 23.5. The topological polar surface area (TPSA) is 185 Å². The molecule has 2 fully saturated rings. The van der Waals surface area contributed by atoms with Gasteiger partial charge in [0, 0.05) is 36.5 Å². The quantitative estimate of drug-likeness (QED) is 0.101. The van der Waals surface area contributed by atoms with Crippen LogP contribution in [-0.4, -0.2) is 59.4 Å². The molecule has 3 aromatic rings. The predicted molar refractivity (Wildman–Crippen MR) is 155 cm³/mol. The summed E-state index contributed by atoms with van der Waals surface area (Å²) in [7, 11) is 0. The predicted octanol–water partition coefficient (Wildman–Crippen LogP) is 3.65. The number of carbonyl (C=O) groups excluding carboxylic acids is 3. The Hall–Kier alpha value is -4.36. The van der Waals surface area contributed by atoms with Gasteiger partial charge in [0.15, 0.2) is 0 Å². The first-order valence-corrected chi connectivity index (χ1v) is 14.1. The number of halogens is 1. The number of anilines is 2. The number of nitrogens with zero attached hydrogens (tertiary/aromatic N) is 2. The molecule has 6 N–H and O–H groups in total. The van der Waals surface area contributed by atoms with Crippen molar-refractivity contribution in [2.24, 2.45) is 11.7 Å². The Morgan fingerprint density at radius 1 is 1.14 bits per heavy atom. The highest BCUT2D eigenvalue weighted by Gasteiger charge is 2.34. The van der Waals surface area contributed by atoms with Crippen LogP contribution in [0.1, 0.15) is 49.1 Å². The number of ether oxygens (including phenoxy) is 1. The van der Waals surface area contributed by atoms with Crippen LogP contribution in [0.15, 0.2) is 40.9 Å². The van der Waals surface area contributed by atoms with Crippen LogP contribution in [0.25, 0.3) is 11.0 Å². The molecule has 0 atom stereocenters. The molecule has 0 radical (unpaired) electrons. The maximum atomic E-state index is 13.5. The smallest absolute Gasteiger partial charge is 0.294 e. The Bertz CT molecular complexity index is 1470. The fourth-order valence-corrected chi connectivity index (χ4v) is 5.45. The second-order valence-corrected chi connectivity index (χ2v) is 10.6. The van der Waals surface area contributed by atoms with Crippen LogP contribution >= 0.6 is 11.6 Å². The summed E-state index contributed by atoms with van der Waals surface area (Å²) in [6.07, 6.45) is 5.66. The van der Waals surface area contributed by atoms with Gasteiger partial charge in [-0.3, -0.25) is 24.6 Å². The van der Waals surface area contributed by atoms with Gasteiger partial charge in [0.1, 0.15) is 36.1 Å². The Kier molecular flexibility index (Phi) is 9.08. The molecule has 2 aliphatic rings. The maximum Gasteiger partial charge on any atom is 0.294 e. The van der Waals surface area contributed by atoms with Crippen LogP contribution in [-0.2, 0) is 14.4 Å². The fourth-order valence-electron chi connectivity index (χ4n) is 5.33. The lowest BCUT2D eigenvalue weighted by atomic mass is 9.84. The van der Waals surface area contributed by atoms with E-state index in [-0.39, 0.29) is 60.2 Å². The minimum atomic E-state index is -0.598. The first-order valence-electron chi connectivity index (χ1n) is 13.7. The first kappa shape index (κ1) is 29.1. The summed E-state index contributed by atoms with van der Waals surface area (Å²) < 4.78 is 11.6. The van der Waals surface area contributed by atoms with Gasteiger partial charge in [-0.2, -0.15) is 0 Å². The van der Waals surface area contributed by atoms with Crippen LogP contribution in [0.3, 0.4) is 0 Å². The van der Waals surface area contributed by atoms with Crippen LogP contribution in [0.4, 0.5) is 11.5 Å². The number of aromatic nitrogens is 1. The molecule has 1 saturated heterocycles. The van der Waals surface area contributed by atoms with Gasteiger partial charge in [-0.25, -0.2) is 10.5 Å². The van der Waals surface area contributed by atoms with E-state index in [1.165, 1.54) is 6.20 Å². The van der Waals surface area contributed by atoms with Gasteiger partial charge in [-0.1, -0.05) is 11.6 Å². The number of hydrogen-bond donors (Lipinski definition) is 5. The van der Waals surface area contributed by atoms with E-state index < -0.39 is 5.91 Å². The number of likely N-dealkylation sites (tertiary alicyclic amines) is 1. The van der Waals surface area contributed by atoms with Crippen molar-refractivity contribution in [3.05, 3.63) is 47.3 Å². The van der Waals surface area contributed by atoms with E-state index in [0.29, 0.717) is 41.0 Å². The number of furan rings is 1. The van der Waals surface area contributed by atoms with Crippen molar-refractivity contribution in [3.63, 3.8) is 0 Å².